The molecule has 0 atom stereocenters. The zero-order valence-corrected chi connectivity index (χ0v) is 13.4. The first-order valence-electron chi connectivity index (χ1n) is 5.78. The maximum absolute atomic E-state index is 12.1. The SMILES string of the molecule is CCc1c(Cl)[nH]c(=O)n(CCc2ccc(Br)s2)c1=O. The van der Waals surface area contributed by atoms with E-state index < -0.39 is 5.69 Å². The predicted molar refractivity (Wildman–Crippen MR) is 81.4 cm³/mol. The Morgan fingerprint density at radius 1 is 1.42 bits per heavy atom. The number of hydrogen-bond acceptors (Lipinski definition) is 3. The molecule has 0 unspecified atom stereocenters. The molecule has 0 saturated carbocycles. The topological polar surface area (TPSA) is 54.9 Å². The summed E-state index contributed by atoms with van der Waals surface area (Å²) in [7, 11) is 0. The Bertz CT molecular complexity index is 704. The number of nitrogens with zero attached hydrogens (tertiary/aromatic N) is 1. The number of hydrogen-bond donors (Lipinski definition) is 1. The molecule has 2 aromatic rings. The van der Waals surface area contributed by atoms with Gasteiger partial charge in [0.25, 0.3) is 5.56 Å². The Morgan fingerprint density at radius 2 is 2.16 bits per heavy atom. The van der Waals surface area contributed by atoms with Crippen LogP contribution < -0.4 is 11.2 Å². The van der Waals surface area contributed by atoms with Crippen LogP contribution in [0.15, 0.2) is 25.5 Å². The number of halogens is 2. The van der Waals surface area contributed by atoms with Crippen LogP contribution in [0.3, 0.4) is 0 Å². The zero-order chi connectivity index (χ0) is 14.0. The molecule has 19 heavy (non-hydrogen) atoms. The summed E-state index contributed by atoms with van der Waals surface area (Å²) in [5.74, 6) is 0. The van der Waals surface area contributed by atoms with Crippen molar-refractivity contribution in [3.63, 3.8) is 0 Å². The van der Waals surface area contributed by atoms with Crippen LogP contribution in [-0.2, 0) is 19.4 Å². The number of aromatic nitrogens is 2. The molecule has 0 bridgehead atoms. The van der Waals surface area contributed by atoms with Crippen molar-refractivity contribution < 1.29 is 0 Å². The molecule has 2 aromatic heterocycles. The summed E-state index contributed by atoms with van der Waals surface area (Å²) in [5, 5.41) is 0.146. The maximum Gasteiger partial charge on any atom is 0.329 e. The summed E-state index contributed by atoms with van der Waals surface area (Å²) in [5.41, 5.74) is -0.302. The van der Waals surface area contributed by atoms with E-state index in [1.807, 2.05) is 19.1 Å². The number of H-pyrrole nitrogens is 1. The summed E-state index contributed by atoms with van der Waals surface area (Å²) < 4.78 is 2.24. The lowest BCUT2D eigenvalue weighted by Crippen LogP contribution is -2.37. The maximum atomic E-state index is 12.1. The molecular formula is C12H12BrClN2O2S. The van der Waals surface area contributed by atoms with Gasteiger partial charge in [-0.05, 0) is 34.5 Å². The smallest absolute Gasteiger partial charge is 0.297 e. The highest BCUT2D eigenvalue weighted by Crippen LogP contribution is 2.22. The Kier molecular flexibility index (Phi) is 4.65. The van der Waals surface area contributed by atoms with E-state index in [0.717, 1.165) is 8.66 Å². The van der Waals surface area contributed by atoms with Crippen molar-refractivity contribution in [3.8, 4) is 0 Å². The van der Waals surface area contributed by atoms with Crippen molar-refractivity contribution in [1.82, 2.24) is 9.55 Å². The fraction of sp³-hybridized carbons (Fsp3) is 0.333. The van der Waals surface area contributed by atoms with E-state index in [1.165, 1.54) is 4.57 Å². The van der Waals surface area contributed by atoms with E-state index in [0.29, 0.717) is 24.9 Å². The molecule has 7 heteroatoms. The molecule has 0 saturated heterocycles. The number of nitrogens with one attached hydrogen (secondary N) is 1. The molecule has 0 aliphatic heterocycles. The summed E-state index contributed by atoms with van der Waals surface area (Å²) in [6, 6.07) is 3.93. The second kappa shape index (κ2) is 6.07. The molecule has 2 heterocycles. The van der Waals surface area contributed by atoms with E-state index in [1.54, 1.807) is 11.3 Å². The number of aryl methyl sites for hydroxylation is 1. The average molecular weight is 364 g/mol. The summed E-state index contributed by atoms with van der Waals surface area (Å²) in [6.45, 7) is 2.19. The van der Waals surface area contributed by atoms with Crippen molar-refractivity contribution in [3.05, 3.63) is 52.4 Å². The van der Waals surface area contributed by atoms with E-state index in [2.05, 4.69) is 20.9 Å². The molecule has 2 rings (SSSR count). The van der Waals surface area contributed by atoms with Gasteiger partial charge in [-0.25, -0.2) is 4.79 Å². The third-order valence-corrected chi connectivity index (χ3v) is 4.80. The van der Waals surface area contributed by atoms with E-state index in [-0.39, 0.29) is 10.7 Å². The van der Waals surface area contributed by atoms with Crippen LogP contribution in [-0.4, -0.2) is 9.55 Å². The number of thiophene rings is 1. The minimum absolute atomic E-state index is 0.146. The molecule has 0 amide bonds. The third kappa shape index (κ3) is 3.19. The first-order valence-corrected chi connectivity index (χ1v) is 7.77. The van der Waals surface area contributed by atoms with Crippen LogP contribution in [0.2, 0.25) is 5.15 Å². The number of aromatic amines is 1. The van der Waals surface area contributed by atoms with Gasteiger partial charge in [0.2, 0.25) is 0 Å². The minimum Gasteiger partial charge on any atom is -0.297 e. The standard InChI is InChI=1S/C12H12BrClN2O2S/c1-2-8-10(14)15-12(18)16(11(8)17)6-5-7-3-4-9(13)19-7/h3-4H,2,5-6H2,1H3,(H,15,18). The van der Waals surface area contributed by atoms with Gasteiger partial charge < -0.3 is 0 Å². The lowest BCUT2D eigenvalue weighted by atomic mass is 10.2. The molecule has 0 radical (unpaired) electrons. The fourth-order valence-corrected chi connectivity index (χ4v) is 3.57. The van der Waals surface area contributed by atoms with Gasteiger partial charge in [0.15, 0.2) is 0 Å². The zero-order valence-electron chi connectivity index (χ0n) is 10.2. The highest BCUT2D eigenvalue weighted by Gasteiger charge is 2.11. The monoisotopic (exact) mass is 362 g/mol. The first kappa shape index (κ1) is 14.6. The molecule has 4 nitrogen and oxygen atoms in total. The minimum atomic E-state index is -0.456. The van der Waals surface area contributed by atoms with Crippen LogP contribution in [0, 0.1) is 0 Å². The van der Waals surface area contributed by atoms with E-state index in [4.69, 9.17) is 11.6 Å². The predicted octanol–water partition coefficient (Wildman–Crippen LogP) is 2.82. The molecule has 0 fully saturated rings. The first-order chi connectivity index (χ1) is 9.02. The van der Waals surface area contributed by atoms with Crippen LogP contribution in [0.5, 0.6) is 0 Å². The van der Waals surface area contributed by atoms with Gasteiger partial charge in [0, 0.05) is 17.8 Å². The Balaban J connectivity index is 2.30. The highest BCUT2D eigenvalue weighted by molar-refractivity contribution is 9.11. The second-order valence-electron chi connectivity index (χ2n) is 3.99. The number of rotatable bonds is 4. The van der Waals surface area contributed by atoms with Gasteiger partial charge in [-0.2, -0.15) is 0 Å². The van der Waals surface area contributed by atoms with Crippen molar-refractivity contribution in [2.75, 3.05) is 0 Å². The normalized spacial score (nSPS) is 10.9. The van der Waals surface area contributed by atoms with Gasteiger partial charge in [-0.15, -0.1) is 11.3 Å². The van der Waals surface area contributed by atoms with Crippen LogP contribution in [0.25, 0.3) is 0 Å². The lowest BCUT2D eigenvalue weighted by molar-refractivity contribution is 0.623. The van der Waals surface area contributed by atoms with Gasteiger partial charge in [-0.3, -0.25) is 14.3 Å². The van der Waals surface area contributed by atoms with Crippen LogP contribution >= 0.6 is 38.9 Å². The van der Waals surface area contributed by atoms with Crippen molar-refractivity contribution in [1.29, 1.82) is 0 Å². The van der Waals surface area contributed by atoms with Gasteiger partial charge >= 0.3 is 5.69 Å². The van der Waals surface area contributed by atoms with Crippen LogP contribution in [0.1, 0.15) is 17.4 Å². The molecule has 1 N–H and O–H groups in total. The summed E-state index contributed by atoms with van der Waals surface area (Å²) in [4.78, 5) is 27.5. The van der Waals surface area contributed by atoms with Crippen LogP contribution in [0.4, 0.5) is 0 Å². The summed E-state index contributed by atoms with van der Waals surface area (Å²) >= 11 is 10.8. The van der Waals surface area contributed by atoms with Gasteiger partial charge in [0.1, 0.15) is 5.15 Å². The Hall–Kier alpha value is -0.850. The van der Waals surface area contributed by atoms with Gasteiger partial charge in [0.05, 0.1) is 9.35 Å². The van der Waals surface area contributed by atoms with E-state index >= 15 is 0 Å². The largest absolute Gasteiger partial charge is 0.329 e. The van der Waals surface area contributed by atoms with Crippen molar-refractivity contribution in [2.24, 2.45) is 0 Å². The van der Waals surface area contributed by atoms with Crippen molar-refractivity contribution >= 4 is 38.9 Å². The Labute approximate surface area is 127 Å². The second-order valence-corrected chi connectivity index (χ2v) is 6.91. The molecule has 0 spiro atoms. The quantitative estimate of drug-likeness (QED) is 0.849. The molecule has 0 aliphatic carbocycles. The fourth-order valence-electron chi connectivity index (χ4n) is 1.80. The molecule has 0 aliphatic rings. The van der Waals surface area contributed by atoms with E-state index in [9.17, 15) is 9.59 Å². The van der Waals surface area contributed by atoms with Gasteiger partial charge in [-0.1, -0.05) is 18.5 Å². The van der Waals surface area contributed by atoms with Crippen molar-refractivity contribution in [2.45, 2.75) is 26.3 Å². The molecule has 102 valence electrons. The molecule has 0 aromatic carbocycles. The Morgan fingerprint density at radius 3 is 2.74 bits per heavy atom. The summed E-state index contributed by atoms with van der Waals surface area (Å²) in [6.07, 6.45) is 1.14. The molecular weight excluding hydrogens is 352 g/mol. The third-order valence-electron chi connectivity index (χ3n) is 2.79. The highest BCUT2D eigenvalue weighted by atomic mass is 79.9. The average Bonchev–Trinajstić information content (AvgIpc) is 2.75. The lowest BCUT2D eigenvalue weighted by Gasteiger charge is -2.07.